The molecule has 1 rings (SSSR count). The molecule has 0 saturated heterocycles. The number of benzene rings is 1. The van der Waals surface area contributed by atoms with Gasteiger partial charge in [-0.15, -0.1) is 12.4 Å². The molecule has 0 fully saturated rings. The molecule has 0 spiro atoms. The second-order valence-electron chi connectivity index (χ2n) is 3.68. The third-order valence-corrected chi connectivity index (χ3v) is 2.24. The Morgan fingerprint density at radius 1 is 1.16 bits per heavy atom. The Labute approximate surface area is 114 Å². The minimum absolute atomic E-state index is 0. The lowest BCUT2D eigenvalue weighted by Gasteiger charge is -2.14. The van der Waals surface area contributed by atoms with Gasteiger partial charge in [-0.3, -0.25) is 9.59 Å². The molecule has 0 aliphatic rings. The summed E-state index contributed by atoms with van der Waals surface area (Å²) in [6.07, 6.45) is 0. The van der Waals surface area contributed by atoms with Crippen molar-refractivity contribution < 1.29 is 18.4 Å². The van der Waals surface area contributed by atoms with Crippen LogP contribution in [-0.2, 0) is 0 Å². The standard InChI is InChI=1S/C11H13F2N3O2.ClH/c12-11(13,5-14)6-16-10(18)8-3-1-7(2-4-8)9(15)17;/h1-4H,5-6,14H2,(H2,15,17)(H,16,18);1H. The molecule has 0 atom stereocenters. The summed E-state index contributed by atoms with van der Waals surface area (Å²) in [6, 6.07) is 5.35. The van der Waals surface area contributed by atoms with Crippen LogP contribution in [0.25, 0.3) is 0 Å². The maximum atomic E-state index is 12.8. The van der Waals surface area contributed by atoms with Crippen LogP contribution in [0.1, 0.15) is 20.7 Å². The van der Waals surface area contributed by atoms with E-state index in [1.807, 2.05) is 0 Å². The van der Waals surface area contributed by atoms with Crippen molar-refractivity contribution in [3.8, 4) is 0 Å². The maximum absolute atomic E-state index is 12.8. The first-order chi connectivity index (χ1) is 8.35. The van der Waals surface area contributed by atoms with Gasteiger partial charge in [0.15, 0.2) is 0 Å². The van der Waals surface area contributed by atoms with Crippen LogP contribution in [-0.4, -0.2) is 30.8 Å². The quantitative estimate of drug-likeness (QED) is 0.738. The summed E-state index contributed by atoms with van der Waals surface area (Å²) in [5, 5.41) is 2.05. The molecular weight excluding hydrogens is 280 g/mol. The molecule has 5 nitrogen and oxygen atoms in total. The molecule has 0 unspecified atom stereocenters. The average molecular weight is 294 g/mol. The first-order valence-corrected chi connectivity index (χ1v) is 5.12. The molecule has 0 saturated carbocycles. The normalized spacial score (nSPS) is 10.5. The highest BCUT2D eigenvalue weighted by Gasteiger charge is 2.27. The van der Waals surface area contributed by atoms with Crippen LogP contribution in [0.15, 0.2) is 24.3 Å². The van der Waals surface area contributed by atoms with E-state index in [2.05, 4.69) is 5.32 Å². The van der Waals surface area contributed by atoms with E-state index in [1.165, 1.54) is 24.3 Å². The lowest BCUT2D eigenvalue weighted by atomic mass is 10.1. The predicted molar refractivity (Wildman–Crippen MR) is 68.5 cm³/mol. The predicted octanol–water partition coefficient (Wildman–Crippen LogP) is 0.531. The number of alkyl halides is 2. The van der Waals surface area contributed by atoms with E-state index in [0.29, 0.717) is 0 Å². The Morgan fingerprint density at radius 2 is 1.63 bits per heavy atom. The average Bonchev–Trinajstić information content (AvgIpc) is 2.36. The highest BCUT2D eigenvalue weighted by molar-refractivity contribution is 5.97. The molecule has 0 aromatic heterocycles. The minimum Gasteiger partial charge on any atom is -0.366 e. The Bertz CT molecular complexity index is 452. The molecular formula is C11H14ClF2N3O2. The molecule has 5 N–H and O–H groups in total. The van der Waals surface area contributed by atoms with Crippen molar-refractivity contribution in [1.82, 2.24) is 5.32 Å². The summed E-state index contributed by atoms with van der Waals surface area (Å²) in [6.45, 7) is -1.67. The first-order valence-electron chi connectivity index (χ1n) is 5.12. The van der Waals surface area contributed by atoms with Gasteiger partial charge in [0.1, 0.15) is 0 Å². The zero-order valence-corrected chi connectivity index (χ0v) is 10.7. The van der Waals surface area contributed by atoms with E-state index in [4.69, 9.17) is 11.5 Å². The summed E-state index contributed by atoms with van der Waals surface area (Å²) >= 11 is 0. The first kappa shape index (κ1) is 17.3. The zero-order chi connectivity index (χ0) is 13.8. The molecule has 1 aromatic rings. The number of nitrogens with one attached hydrogen (secondary N) is 1. The Morgan fingerprint density at radius 3 is 2.05 bits per heavy atom. The molecule has 8 heteroatoms. The van der Waals surface area contributed by atoms with Crippen molar-refractivity contribution in [2.24, 2.45) is 11.5 Å². The second kappa shape index (κ2) is 7.01. The number of amides is 2. The summed E-state index contributed by atoms with van der Waals surface area (Å²) in [5.41, 5.74) is 10.2. The molecule has 0 radical (unpaired) electrons. The van der Waals surface area contributed by atoms with Gasteiger partial charge in [0.2, 0.25) is 5.91 Å². The third-order valence-electron chi connectivity index (χ3n) is 2.24. The van der Waals surface area contributed by atoms with Gasteiger partial charge in [0, 0.05) is 11.1 Å². The molecule has 19 heavy (non-hydrogen) atoms. The Kier molecular flexibility index (Phi) is 6.37. The molecule has 106 valence electrons. The number of halogens is 3. The van der Waals surface area contributed by atoms with Gasteiger partial charge in [-0.1, -0.05) is 0 Å². The third kappa shape index (κ3) is 5.19. The van der Waals surface area contributed by atoms with Gasteiger partial charge in [0.25, 0.3) is 11.8 Å². The lowest BCUT2D eigenvalue weighted by Crippen LogP contribution is -2.41. The zero-order valence-electron chi connectivity index (χ0n) is 9.86. The van der Waals surface area contributed by atoms with E-state index in [-0.39, 0.29) is 23.5 Å². The fourth-order valence-electron chi connectivity index (χ4n) is 1.17. The van der Waals surface area contributed by atoms with Crippen LogP contribution < -0.4 is 16.8 Å². The number of nitrogens with two attached hydrogens (primary N) is 2. The monoisotopic (exact) mass is 293 g/mol. The van der Waals surface area contributed by atoms with Crippen molar-refractivity contribution in [3.05, 3.63) is 35.4 Å². The van der Waals surface area contributed by atoms with E-state index in [9.17, 15) is 18.4 Å². The number of carbonyl (C=O) groups excluding carboxylic acids is 2. The molecule has 2 amide bonds. The van der Waals surface area contributed by atoms with Crippen molar-refractivity contribution in [2.45, 2.75) is 5.92 Å². The van der Waals surface area contributed by atoms with Gasteiger partial charge in [0.05, 0.1) is 13.1 Å². The van der Waals surface area contributed by atoms with E-state index < -0.39 is 30.8 Å². The second-order valence-corrected chi connectivity index (χ2v) is 3.68. The minimum atomic E-state index is -3.14. The number of hydrogen-bond acceptors (Lipinski definition) is 3. The van der Waals surface area contributed by atoms with E-state index >= 15 is 0 Å². The smallest absolute Gasteiger partial charge is 0.277 e. The largest absolute Gasteiger partial charge is 0.366 e. The Balaban J connectivity index is 0.00000324. The van der Waals surface area contributed by atoms with Gasteiger partial charge < -0.3 is 16.8 Å². The van der Waals surface area contributed by atoms with Gasteiger partial charge in [-0.25, -0.2) is 8.78 Å². The summed E-state index contributed by atoms with van der Waals surface area (Å²) in [4.78, 5) is 22.3. The van der Waals surface area contributed by atoms with Crippen molar-refractivity contribution in [3.63, 3.8) is 0 Å². The van der Waals surface area contributed by atoms with Gasteiger partial charge in [-0.05, 0) is 24.3 Å². The molecule has 0 heterocycles. The number of primary amides is 1. The molecule has 1 aromatic carbocycles. The fourth-order valence-corrected chi connectivity index (χ4v) is 1.17. The van der Waals surface area contributed by atoms with Crippen LogP contribution >= 0.6 is 12.4 Å². The van der Waals surface area contributed by atoms with Crippen LogP contribution in [0.2, 0.25) is 0 Å². The summed E-state index contributed by atoms with van der Waals surface area (Å²) in [5.74, 6) is -4.43. The van der Waals surface area contributed by atoms with Crippen LogP contribution in [0.3, 0.4) is 0 Å². The molecule has 0 aliphatic heterocycles. The highest BCUT2D eigenvalue weighted by atomic mass is 35.5. The molecule has 0 bridgehead atoms. The van der Waals surface area contributed by atoms with Crippen LogP contribution in [0.5, 0.6) is 0 Å². The number of hydrogen-bond donors (Lipinski definition) is 3. The van der Waals surface area contributed by atoms with Gasteiger partial charge >= 0.3 is 0 Å². The van der Waals surface area contributed by atoms with Crippen LogP contribution in [0, 0.1) is 0 Å². The van der Waals surface area contributed by atoms with Crippen molar-refractivity contribution in [1.29, 1.82) is 0 Å². The highest BCUT2D eigenvalue weighted by Crippen LogP contribution is 2.09. The van der Waals surface area contributed by atoms with Crippen molar-refractivity contribution in [2.75, 3.05) is 13.1 Å². The van der Waals surface area contributed by atoms with E-state index in [0.717, 1.165) is 0 Å². The van der Waals surface area contributed by atoms with E-state index in [1.54, 1.807) is 0 Å². The van der Waals surface area contributed by atoms with Gasteiger partial charge in [-0.2, -0.15) is 0 Å². The number of carbonyl (C=O) groups is 2. The Hall–Kier alpha value is -1.73. The fraction of sp³-hybridized carbons (Fsp3) is 0.273. The van der Waals surface area contributed by atoms with Crippen LogP contribution in [0.4, 0.5) is 8.78 Å². The van der Waals surface area contributed by atoms with Crippen molar-refractivity contribution >= 4 is 24.2 Å². The molecule has 0 aliphatic carbocycles. The number of rotatable bonds is 5. The SMILES string of the molecule is Cl.NCC(F)(F)CNC(=O)c1ccc(C(N)=O)cc1. The lowest BCUT2D eigenvalue weighted by molar-refractivity contribution is 0.0118. The maximum Gasteiger partial charge on any atom is 0.277 e. The topological polar surface area (TPSA) is 98.2 Å². The summed E-state index contributed by atoms with van der Waals surface area (Å²) in [7, 11) is 0. The summed E-state index contributed by atoms with van der Waals surface area (Å²) < 4.78 is 25.6.